The summed E-state index contributed by atoms with van der Waals surface area (Å²) in [6.45, 7) is 3.51. The Labute approximate surface area is 171 Å². The lowest BCUT2D eigenvalue weighted by atomic mass is 9.89. The van der Waals surface area contributed by atoms with Gasteiger partial charge in [-0.2, -0.15) is 0 Å². The van der Waals surface area contributed by atoms with Gasteiger partial charge in [-0.05, 0) is 31.3 Å². The number of aromatic nitrogens is 1. The molecule has 3 rings (SSSR count). The topological polar surface area (TPSA) is 77.5 Å². The summed E-state index contributed by atoms with van der Waals surface area (Å²) in [6.07, 6.45) is 11.0. The third kappa shape index (κ3) is 7.04. The van der Waals surface area contributed by atoms with E-state index in [1.165, 1.54) is 51.3 Å². The number of nitrogens with zero attached hydrogens (tertiary/aromatic N) is 2. The molecule has 1 amide bonds. The van der Waals surface area contributed by atoms with E-state index in [1.54, 1.807) is 22.9 Å². The van der Waals surface area contributed by atoms with Crippen LogP contribution in [0, 0.1) is 5.92 Å². The van der Waals surface area contributed by atoms with Crippen LogP contribution in [0.2, 0.25) is 0 Å². The van der Waals surface area contributed by atoms with E-state index in [0.29, 0.717) is 6.04 Å². The van der Waals surface area contributed by atoms with Crippen LogP contribution in [0.4, 0.5) is 5.13 Å². The summed E-state index contributed by atoms with van der Waals surface area (Å²) in [5.74, 6) is 0.346. The van der Waals surface area contributed by atoms with Gasteiger partial charge >= 0.3 is 0 Å². The van der Waals surface area contributed by atoms with E-state index in [2.05, 4.69) is 15.2 Å². The summed E-state index contributed by atoms with van der Waals surface area (Å²) >= 11 is 1.55. The molecular formula is C17H28Cl2N4O2S. The molecule has 0 bridgehead atoms. The molecule has 1 aromatic rings. The number of likely N-dealkylation sites (tertiary alicyclic amines) is 1. The monoisotopic (exact) mass is 422 g/mol. The first-order valence-electron chi connectivity index (χ1n) is 8.79. The van der Waals surface area contributed by atoms with E-state index >= 15 is 0 Å². The van der Waals surface area contributed by atoms with Crippen molar-refractivity contribution in [2.45, 2.75) is 44.6 Å². The van der Waals surface area contributed by atoms with Crippen molar-refractivity contribution in [3.8, 4) is 0 Å². The molecule has 1 aliphatic carbocycles. The lowest BCUT2D eigenvalue weighted by Gasteiger charge is -2.26. The van der Waals surface area contributed by atoms with Crippen molar-refractivity contribution in [3.05, 3.63) is 17.2 Å². The van der Waals surface area contributed by atoms with Gasteiger partial charge in [0.15, 0.2) is 5.13 Å². The normalized spacial score (nSPS) is 21.2. The molecule has 1 atom stereocenters. The summed E-state index contributed by atoms with van der Waals surface area (Å²) in [6, 6.07) is 0.456. The number of amides is 1. The Hall–Kier alpha value is -0.860. The van der Waals surface area contributed by atoms with Gasteiger partial charge in [-0.3, -0.25) is 10.0 Å². The molecule has 2 fully saturated rings. The summed E-state index contributed by atoms with van der Waals surface area (Å²) in [4.78, 5) is 18.0. The maximum absolute atomic E-state index is 11.0. The van der Waals surface area contributed by atoms with E-state index in [1.807, 2.05) is 5.38 Å². The third-order valence-corrected chi connectivity index (χ3v) is 5.67. The van der Waals surface area contributed by atoms with E-state index in [4.69, 9.17) is 5.21 Å². The summed E-state index contributed by atoms with van der Waals surface area (Å²) in [5.41, 5.74) is 2.29. The van der Waals surface area contributed by atoms with Crippen molar-refractivity contribution in [1.82, 2.24) is 15.4 Å². The number of carbonyl (C=O) groups excluding carboxylic acids is 1. The molecule has 0 radical (unpaired) electrons. The highest BCUT2D eigenvalue weighted by Gasteiger charge is 2.25. The minimum atomic E-state index is -0.549. The van der Waals surface area contributed by atoms with Crippen molar-refractivity contribution in [1.29, 1.82) is 0 Å². The number of hydrogen-bond acceptors (Lipinski definition) is 6. The van der Waals surface area contributed by atoms with Crippen LogP contribution >= 0.6 is 36.2 Å². The molecule has 3 N–H and O–H groups in total. The lowest BCUT2D eigenvalue weighted by molar-refractivity contribution is -0.124. The first-order chi connectivity index (χ1) is 11.7. The first-order valence-corrected chi connectivity index (χ1v) is 9.67. The molecule has 26 heavy (non-hydrogen) atoms. The van der Waals surface area contributed by atoms with Crippen LogP contribution in [-0.2, 0) is 4.79 Å². The van der Waals surface area contributed by atoms with Crippen molar-refractivity contribution < 1.29 is 10.0 Å². The molecule has 148 valence electrons. The van der Waals surface area contributed by atoms with Crippen molar-refractivity contribution >= 4 is 53.3 Å². The minimum Gasteiger partial charge on any atom is -0.357 e. The van der Waals surface area contributed by atoms with Crippen LogP contribution < -0.4 is 10.8 Å². The van der Waals surface area contributed by atoms with Crippen LogP contribution in [0.15, 0.2) is 11.5 Å². The molecule has 0 spiro atoms. The van der Waals surface area contributed by atoms with E-state index in [9.17, 15) is 4.79 Å². The fourth-order valence-corrected chi connectivity index (χ4v) is 4.41. The SMILES string of the molecule is Cl.Cl.O=C(C=Cc1csc(N[C@@H]2CCN(CC3CCCCC3)C2)n1)NO. The Bertz CT molecular complexity index is 579. The zero-order valence-corrected chi connectivity index (χ0v) is 17.2. The number of anilines is 1. The fourth-order valence-electron chi connectivity index (χ4n) is 3.65. The molecular weight excluding hydrogens is 395 g/mol. The van der Waals surface area contributed by atoms with Crippen molar-refractivity contribution in [2.24, 2.45) is 5.92 Å². The smallest absolute Gasteiger partial charge is 0.267 e. The Balaban J connectivity index is 0.00000169. The van der Waals surface area contributed by atoms with E-state index < -0.39 is 5.91 Å². The first kappa shape index (κ1) is 23.2. The molecule has 0 unspecified atom stereocenters. The number of nitrogens with one attached hydrogen (secondary N) is 2. The van der Waals surface area contributed by atoms with Crippen molar-refractivity contribution in [2.75, 3.05) is 25.0 Å². The maximum Gasteiger partial charge on any atom is 0.267 e. The van der Waals surface area contributed by atoms with Gasteiger partial charge in [0.1, 0.15) is 0 Å². The predicted octanol–water partition coefficient (Wildman–Crippen LogP) is 3.57. The second-order valence-corrected chi connectivity index (χ2v) is 7.64. The summed E-state index contributed by atoms with van der Waals surface area (Å²) in [5, 5.41) is 14.8. The molecule has 1 saturated heterocycles. The Morgan fingerprint density at radius 3 is 2.81 bits per heavy atom. The fraction of sp³-hybridized carbons (Fsp3) is 0.647. The summed E-state index contributed by atoms with van der Waals surface area (Å²) < 4.78 is 0. The molecule has 6 nitrogen and oxygen atoms in total. The average molecular weight is 423 g/mol. The second-order valence-electron chi connectivity index (χ2n) is 6.78. The van der Waals surface area contributed by atoms with Gasteiger partial charge in [0.05, 0.1) is 5.69 Å². The highest BCUT2D eigenvalue weighted by Crippen LogP contribution is 2.26. The van der Waals surface area contributed by atoms with Crippen LogP contribution in [0.5, 0.6) is 0 Å². The highest BCUT2D eigenvalue weighted by atomic mass is 35.5. The van der Waals surface area contributed by atoms with Gasteiger partial charge in [0.25, 0.3) is 5.91 Å². The average Bonchev–Trinajstić information content (AvgIpc) is 3.23. The lowest BCUT2D eigenvalue weighted by Crippen LogP contribution is -2.31. The van der Waals surface area contributed by atoms with Gasteiger partial charge in [0.2, 0.25) is 0 Å². The third-order valence-electron chi connectivity index (χ3n) is 4.88. The Morgan fingerprint density at radius 1 is 1.31 bits per heavy atom. The van der Waals surface area contributed by atoms with Crippen LogP contribution in [0.3, 0.4) is 0 Å². The van der Waals surface area contributed by atoms with Gasteiger partial charge < -0.3 is 10.2 Å². The molecule has 1 aliphatic heterocycles. The number of hydrogen-bond donors (Lipinski definition) is 3. The number of rotatable bonds is 6. The maximum atomic E-state index is 11.0. The van der Waals surface area contributed by atoms with E-state index in [0.717, 1.165) is 29.7 Å². The second kappa shape index (κ2) is 11.8. The number of carbonyl (C=O) groups is 1. The largest absolute Gasteiger partial charge is 0.357 e. The quantitative estimate of drug-likeness (QED) is 0.371. The zero-order valence-electron chi connectivity index (χ0n) is 14.7. The Morgan fingerprint density at radius 2 is 2.08 bits per heavy atom. The molecule has 0 aromatic carbocycles. The van der Waals surface area contributed by atoms with Gasteiger partial charge in [-0.15, -0.1) is 36.2 Å². The van der Waals surface area contributed by atoms with Gasteiger partial charge in [-0.25, -0.2) is 10.5 Å². The van der Waals surface area contributed by atoms with Gasteiger partial charge in [0, 0.05) is 37.1 Å². The standard InChI is InChI=1S/C17H26N4O2S.2ClH/c22-16(20-23)7-6-15-12-24-17(19-15)18-14-8-9-21(11-14)10-13-4-2-1-3-5-13;;/h6-7,12-14,23H,1-5,8-11H2,(H,18,19)(H,20,22);2*1H/t14-;;/m1../s1. The molecule has 9 heteroatoms. The number of halogens is 2. The molecule has 2 aliphatic rings. The van der Waals surface area contributed by atoms with Gasteiger partial charge in [-0.1, -0.05) is 19.3 Å². The summed E-state index contributed by atoms with van der Waals surface area (Å²) in [7, 11) is 0. The van der Waals surface area contributed by atoms with Crippen molar-refractivity contribution in [3.63, 3.8) is 0 Å². The molecule has 1 aromatic heterocycles. The number of thiazole rings is 1. The minimum absolute atomic E-state index is 0. The van der Waals surface area contributed by atoms with E-state index in [-0.39, 0.29) is 24.8 Å². The highest BCUT2D eigenvalue weighted by molar-refractivity contribution is 7.13. The predicted molar refractivity (Wildman–Crippen MR) is 111 cm³/mol. The van der Waals surface area contributed by atoms with Crippen LogP contribution in [-0.4, -0.2) is 46.7 Å². The Kier molecular flexibility index (Phi) is 10.5. The zero-order chi connectivity index (χ0) is 16.8. The van der Waals surface area contributed by atoms with Crippen LogP contribution in [0.25, 0.3) is 6.08 Å². The molecule has 2 heterocycles. The number of hydroxylamine groups is 1. The van der Waals surface area contributed by atoms with Crippen LogP contribution in [0.1, 0.15) is 44.2 Å². The molecule has 1 saturated carbocycles.